The van der Waals surface area contributed by atoms with Gasteiger partial charge in [0, 0.05) is 6.04 Å². The van der Waals surface area contributed by atoms with Crippen LogP contribution in [-0.4, -0.2) is 66.0 Å². The lowest BCUT2D eigenvalue weighted by Crippen LogP contribution is -2.56. The SMILES string of the molecule is COC(=O)CNC(=O)C(c1cccc(C)c1)N(C(=O)C(CC(N)=O)NC(=O)OC(C)(C)C)C(C)CCC(C)C. The van der Waals surface area contributed by atoms with Crippen LogP contribution < -0.4 is 16.4 Å². The van der Waals surface area contributed by atoms with Gasteiger partial charge in [-0.05, 0) is 58.9 Å². The Labute approximate surface area is 231 Å². The molecule has 39 heavy (non-hydrogen) atoms. The lowest BCUT2D eigenvalue weighted by molar-refractivity contribution is -0.147. The lowest BCUT2D eigenvalue weighted by atomic mass is 9.96. The van der Waals surface area contributed by atoms with Crippen molar-refractivity contribution in [1.29, 1.82) is 0 Å². The molecule has 0 bridgehead atoms. The van der Waals surface area contributed by atoms with E-state index >= 15 is 0 Å². The highest BCUT2D eigenvalue weighted by molar-refractivity contribution is 5.95. The van der Waals surface area contributed by atoms with Crippen LogP contribution in [0.25, 0.3) is 0 Å². The predicted octanol–water partition coefficient (Wildman–Crippen LogP) is 2.75. The molecule has 218 valence electrons. The quantitative estimate of drug-likeness (QED) is 0.320. The smallest absolute Gasteiger partial charge is 0.408 e. The third kappa shape index (κ3) is 11.7. The number of carbonyl (C=O) groups excluding carboxylic acids is 5. The molecule has 0 spiro atoms. The average Bonchev–Trinajstić information content (AvgIpc) is 2.81. The van der Waals surface area contributed by atoms with Crippen LogP contribution in [-0.2, 0) is 28.7 Å². The summed E-state index contributed by atoms with van der Waals surface area (Å²) in [5.41, 5.74) is 5.93. The summed E-state index contributed by atoms with van der Waals surface area (Å²) in [7, 11) is 1.20. The topological polar surface area (TPSA) is 157 Å². The van der Waals surface area contributed by atoms with Crippen molar-refractivity contribution in [2.75, 3.05) is 13.7 Å². The van der Waals surface area contributed by atoms with Crippen molar-refractivity contribution >= 4 is 29.8 Å². The van der Waals surface area contributed by atoms with Gasteiger partial charge >= 0.3 is 12.1 Å². The van der Waals surface area contributed by atoms with E-state index in [0.717, 1.165) is 12.0 Å². The van der Waals surface area contributed by atoms with Crippen LogP contribution in [0.1, 0.15) is 78.0 Å². The first-order chi connectivity index (χ1) is 18.0. The molecule has 0 heterocycles. The molecule has 11 nitrogen and oxygen atoms in total. The molecule has 4 N–H and O–H groups in total. The molecule has 0 saturated heterocycles. The molecule has 0 aromatic heterocycles. The molecule has 3 atom stereocenters. The van der Waals surface area contributed by atoms with Crippen LogP contribution in [0, 0.1) is 12.8 Å². The number of rotatable bonds is 13. The molecule has 1 aromatic rings. The Morgan fingerprint density at radius 3 is 2.21 bits per heavy atom. The van der Waals surface area contributed by atoms with Gasteiger partial charge in [-0.15, -0.1) is 0 Å². The zero-order valence-corrected chi connectivity index (χ0v) is 24.3. The van der Waals surface area contributed by atoms with Crippen molar-refractivity contribution in [1.82, 2.24) is 15.5 Å². The van der Waals surface area contributed by atoms with E-state index in [-0.39, 0.29) is 0 Å². The number of benzene rings is 1. The number of hydrogen-bond donors (Lipinski definition) is 3. The molecule has 0 saturated carbocycles. The molecule has 0 aliphatic carbocycles. The number of aryl methyl sites for hydroxylation is 1. The summed E-state index contributed by atoms with van der Waals surface area (Å²) >= 11 is 0. The fraction of sp³-hybridized carbons (Fsp3) is 0.607. The maximum Gasteiger partial charge on any atom is 0.408 e. The number of nitrogens with zero attached hydrogens (tertiary/aromatic N) is 1. The first-order valence-electron chi connectivity index (χ1n) is 13.1. The van der Waals surface area contributed by atoms with Gasteiger partial charge < -0.3 is 30.7 Å². The number of nitrogens with one attached hydrogen (secondary N) is 2. The highest BCUT2D eigenvalue weighted by atomic mass is 16.6. The fourth-order valence-corrected chi connectivity index (χ4v) is 3.95. The standard InChI is InChI=1S/C28H44N4O7/c1-17(2)12-13-19(4)32(26(36)21(15-22(29)33)31-27(37)39-28(5,6)7)24(20-11-9-10-18(3)14-20)25(35)30-16-23(34)38-8/h9-11,14,17,19,21,24H,12-13,15-16H2,1-8H3,(H2,29,33)(H,30,35)(H,31,37). The van der Waals surface area contributed by atoms with Crippen molar-refractivity contribution < 1.29 is 33.4 Å². The fourth-order valence-electron chi connectivity index (χ4n) is 3.95. The normalized spacial score (nSPS) is 13.6. The van der Waals surface area contributed by atoms with E-state index in [4.69, 9.17) is 10.5 Å². The number of esters is 1. The summed E-state index contributed by atoms with van der Waals surface area (Å²) in [4.78, 5) is 65.4. The van der Waals surface area contributed by atoms with Gasteiger partial charge in [-0.25, -0.2) is 4.79 Å². The minimum absolute atomic E-state index is 0.316. The molecule has 3 unspecified atom stereocenters. The van der Waals surface area contributed by atoms with Crippen molar-refractivity contribution in [3.63, 3.8) is 0 Å². The Morgan fingerprint density at radius 1 is 1.05 bits per heavy atom. The number of ether oxygens (including phenoxy) is 2. The number of alkyl carbamates (subject to hydrolysis) is 1. The number of amides is 4. The Kier molecular flexibility index (Phi) is 12.9. The molecule has 0 fully saturated rings. The number of hydrogen-bond acceptors (Lipinski definition) is 7. The summed E-state index contributed by atoms with van der Waals surface area (Å²) in [5.74, 6) is -2.46. The van der Waals surface area contributed by atoms with Gasteiger partial charge in [0.1, 0.15) is 24.2 Å². The minimum atomic E-state index is -1.39. The number of nitrogens with two attached hydrogens (primary N) is 1. The third-order valence-corrected chi connectivity index (χ3v) is 5.80. The van der Waals surface area contributed by atoms with Gasteiger partial charge in [-0.2, -0.15) is 0 Å². The van der Waals surface area contributed by atoms with Crippen molar-refractivity contribution in [2.24, 2.45) is 11.7 Å². The van der Waals surface area contributed by atoms with Gasteiger partial charge in [0.05, 0.1) is 13.5 Å². The number of carbonyl (C=O) groups is 5. The summed E-state index contributed by atoms with van der Waals surface area (Å²) in [6, 6.07) is 4.01. The Balaban J connectivity index is 3.63. The third-order valence-electron chi connectivity index (χ3n) is 5.80. The van der Waals surface area contributed by atoms with Crippen LogP contribution in [0.3, 0.4) is 0 Å². The highest BCUT2D eigenvalue weighted by Gasteiger charge is 2.39. The largest absolute Gasteiger partial charge is 0.468 e. The van der Waals surface area contributed by atoms with Crippen LogP contribution >= 0.6 is 0 Å². The van der Waals surface area contributed by atoms with Gasteiger partial charge in [0.2, 0.25) is 17.7 Å². The molecule has 1 aromatic carbocycles. The Bertz CT molecular complexity index is 1020. The molecular weight excluding hydrogens is 504 g/mol. The second-order valence-electron chi connectivity index (χ2n) is 11.0. The zero-order valence-electron chi connectivity index (χ0n) is 24.3. The minimum Gasteiger partial charge on any atom is -0.468 e. The molecule has 11 heteroatoms. The van der Waals surface area contributed by atoms with Gasteiger partial charge in [-0.1, -0.05) is 43.7 Å². The van der Waals surface area contributed by atoms with E-state index in [2.05, 4.69) is 15.4 Å². The van der Waals surface area contributed by atoms with Crippen molar-refractivity contribution in [3.05, 3.63) is 35.4 Å². The van der Waals surface area contributed by atoms with Gasteiger partial charge in [-0.3, -0.25) is 19.2 Å². The molecule has 0 radical (unpaired) electrons. The zero-order chi connectivity index (χ0) is 29.9. The highest BCUT2D eigenvalue weighted by Crippen LogP contribution is 2.28. The maximum absolute atomic E-state index is 14.1. The Morgan fingerprint density at radius 2 is 1.69 bits per heavy atom. The number of primary amides is 1. The van der Waals surface area contributed by atoms with Crippen LogP contribution in [0.15, 0.2) is 24.3 Å². The van der Waals surface area contributed by atoms with E-state index < -0.39 is 66.5 Å². The lowest BCUT2D eigenvalue weighted by Gasteiger charge is -2.38. The van der Waals surface area contributed by atoms with Crippen LogP contribution in [0.4, 0.5) is 4.79 Å². The molecule has 4 amide bonds. The first-order valence-corrected chi connectivity index (χ1v) is 13.1. The predicted molar refractivity (Wildman–Crippen MR) is 146 cm³/mol. The first kappa shape index (κ1) is 33.4. The summed E-state index contributed by atoms with van der Waals surface area (Å²) in [6.07, 6.45) is -0.129. The van der Waals surface area contributed by atoms with Crippen molar-refractivity contribution in [2.45, 2.75) is 91.5 Å². The second-order valence-corrected chi connectivity index (χ2v) is 11.0. The number of methoxy groups -OCH3 is 1. The van der Waals surface area contributed by atoms with Gasteiger partial charge in [0.25, 0.3) is 0 Å². The molecular formula is C28H44N4O7. The van der Waals surface area contributed by atoms with E-state index in [9.17, 15) is 24.0 Å². The monoisotopic (exact) mass is 548 g/mol. The molecule has 0 aliphatic rings. The summed E-state index contributed by atoms with van der Waals surface area (Å²) < 4.78 is 9.95. The maximum atomic E-state index is 14.1. The van der Waals surface area contributed by atoms with Crippen LogP contribution in [0.2, 0.25) is 0 Å². The average molecular weight is 549 g/mol. The molecule has 1 rings (SSSR count). The Hall–Kier alpha value is -3.63. The van der Waals surface area contributed by atoms with Crippen molar-refractivity contribution in [3.8, 4) is 0 Å². The second kappa shape index (κ2) is 15.1. The van der Waals surface area contributed by atoms with E-state index in [1.165, 1.54) is 12.0 Å². The van der Waals surface area contributed by atoms with Gasteiger partial charge in [0.15, 0.2) is 0 Å². The van der Waals surface area contributed by atoms with Crippen LogP contribution in [0.5, 0.6) is 0 Å². The van der Waals surface area contributed by atoms with E-state index in [1.807, 2.05) is 26.8 Å². The summed E-state index contributed by atoms with van der Waals surface area (Å²) in [6.45, 7) is 12.3. The molecule has 0 aliphatic heterocycles. The van der Waals surface area contributed by atoms with E-state index in [0.29, 0.717) is 17.9 Å². The summed E-state index contributed by atoms with van der Waals surface area (Å²) in [5, 5.41) is 5.01. The van der Waals surface area contributed by atoms with E-state index in [1.54, 1.807) is 45.9 Å².